The first kappa shape index (κ1) is 6.42. The highest BCUT2D eigenvalue weighted by Crippen LogP contribution is 1.90. The van der Waals surface area contributed by atoms with Crippen LogP contribution < -0.4 is 5.32 Å². The van der Waals surface area contributed by atoms with Gasteiger partial charge in [-0.1, -0.05) is 0 Å². The van der Waals surface area contributed by atoms with Gasteiger partial charge in [0.25, 0.3) is 0 Å². The maximum absolute atomic E-state index is 8.52. The normalized spacial score (nSPS) is 17.7. The lowest BCUT2D eigenvalue weighted by molar-refractivity contribution is 0.233. The molecule has 0 spiro atoms. The molecule has 0 unspecified atom stereocenters. The van der Waals surface area contributed by atoms with E-state index < -0.39 is 0 Å². The van der Waals surface area contributed by atoms with Crippen LogP contribution in [0.5, 0.6) is 0 Å². The molecule has 0 atom stereocenters. The van der Waals surface area contributed by atoms with E-state index in [1.165, 1.54) is 0 Å². The van der Waals surface area contributed by atoms with Crippen molar-refractivity contribution in [3.05, 3.63) is 12.4 Å². The molecule has 1 aliphatic heterocycles. The zero-order valence-electron chi connectivity index (χ0n) is 5.38. The summed E-state index contributed by atoms with van der Waals surface area (Å²) in [5.74, 6) is 0. The second kappa shape index (κ2) is 3.35. The maximum atomic E-state index is 8.52. The Morgan fingerprint density at radius 2 is 2.56 bits per heavy atom. The fourth-order valence-corrected chi connectivity index (χ4v) is 0.839. The van der Waals surface area contributed by atoms with Crippen molar-refractivity contribution in [3.63, 3.8) is 0 Å². The van der Waals surface area contributed by atoms with Crippen LogP contribution in [0.1, 0.15) is 0 Å². The average molecular weight is 128 g/mol. The third kappa shape index (κ3) is 1.93. The van der Waals surface area contributed by atoms with E-state index in [4.69, 9.17) is 5.11 Å². The molecule has 0 radical (unpaired) electrons. The number of rotatable bonds is 2. The second-order valence-corrected chi connectivity index (χ2v) is 2.03. The first-order valence-electron chi connectivity index (χ1n) is 3.18. The third-order valence-corrected chi connectivity index (χ3v) is 1.33. The Hall–Kier alpha value is -0.700. The van der Waals surface area contributed by atoms with Crippen LogP contribution in [-0.4, -0.2) is 36.2 Å². The lowest BCUT2D eigenvalue weighted by Crippen LogP contribution is -2.32. The molecule has 1 rings (SSSR count). The van der Waals surface area contributed by atoms with Crippen molar-refractivity contribution in [1.82, 2.24) is 10.2 Å². The van der Waals surface area contributed by atoms with Crippen molar-refractivity contribution >= 4 is 0 Å². The van der Waals surface area contributed by atoms with Crippen molar-refractivity contribution in [2.45, 2.75) is 0 Å². The van der Waals surface area contributed by atoms with Gasteiger partial charge in [0.05, 0.1) is 6.61 Å². The van der Waals surface area contributed by atoms with Gasteiger partial charge >= 0.3 is 0 Å². The van der Waals surface area contributed by atoms with Crippen LogP contribution in [0.25, 0.3) is 0 Å². The van der Waals surface area contributed by atoms with Gasteiger partial charge in [-0.3, -0.25) is 0 Å². The summed E-state index contributed by atoms with van der Waals surface area (Å²) < 4.78 is 0. The molecule has 3 nitrogen and oxygen atoms in total. The largest absolute Gasteiger partial charge is 0.395 e. The van der Waals surface area contributed by atoms with Crippen LogP contribution in [0.15, 0.2) is 12.4 Å². The number of β-amino-alcohol motifs (C(OH)–C–C–N with tert-alkyl or cyclic N) is 1. The molecule has 1 heterocycles. The highest BCUT2D eigenvalue weighted by atomic mass is 16.3. The van der Waals surface area contributed by atoms with Gasteiger partial charge in [0.1, 0.15) is 0 Å². The zero-order valence-corrected chi connectivity index (χ0v) is 5.38. The lowest BCUT2D eigenvalue weighted by atomic mass is 10.4. The van der Waals surface area contributed by atoms with Crippen LogP contribution >= 0.6 is 0 Å². The summed E-state index contributed by atoms with van der Waals surface area (Å²) in [6.07, 6.45) is 3.86. The average Bonchev–Trinajstić information content (AvgIpc) is 1.91. The van der Waals surface area contributed by atoms with Gasteiger partial charge in [0.2, 0.25) is 0 Å². The van der Waals surface area contributed by atoms with Gasteiger partial charge in [-0.15, -0.1) is 0 Å². The molecule has 0 amide bonds. The number of hydrogen-bond donors (Lipinski definition) is 2. The Morgan fingerprint density at radius 1 is 1.67 bits per heavy atom. The summed E-state index contributed by atoms with van der Waals surface area (Å²) in [6, 6.07) is 0. The van der Waals surface area contributed by atoms with E-state index in [9.17, 15) is 0 Å². The van der Waals surface area contributed by atoms with E-state index in [0.29, 0.717) is 0 Å². The number of hydrogen-bond acceptors (Lipinski definition) is 3. The van der Waals surface area contributed by atoms with Crippen LogP contribution in [0.2, 0.25) is 0 Å². The summed E-state index contributed by atoms with van der Waals surface area (Å²) in [4.78, 5) is 2.08. The number of nitrogens with one attached hydrogen (secondary N) is 1. The Labute approximate surface area is 55.0 Å². The summed E-state index contributed by atoms with van der Waals surface area (Å²) in [6.45, 7) is 2.97. The minimum atomic E-state index is 0.240. The van der Waals surface area contributed by atoms with Gasteiger partial charge < -0.3 is 15.3 Å². The SMILES string of the molecule is OCCN1C=CNCC1. The van der Waals surface area contributed by atoms with E-state index in [1.807, 2.05) is 12.4 Å². The van der Waals surface area contributed by atoms with Gasteiger partial charge in [-0.05, 0) is 0 Å². The number of aliphatic hydroxyl groups is 1. The fraction of sp³-hybridized carbons (Fsp3) is 0.667. The molecule has 3 heteroatoms. The van der Waals surface area contributed by atoms with Crippen molar-refractivity contribution in [1.29, 1.82) is 0 Å². The molecular weight excluding hydrogens is 116 g/mol. The molecular formula is C6H12N2O. The summed E-state index contributed by atoms with van der Waals surface area (Å²) in [5.41, 5.74) is 0. The molecule has 2 N–H and O–H groups in total. The van der Waals surface area contributed by atoms with Crippen molar-refractivity contribution in [2.24, 2.45) is 0 Å². The van der Waals surface area contributed by atoms with Crippen LogP contribution in [0, 0.1) is 0 Å². The first-order chi connectivity index (χ1) is 4.43. The lowest BCUT2D eigenvalue weighted by Gasteiger charge is -2.22. The van der Waals surface area contributed by atoms with E-state index in [2.05, 4.69) is 10.2 Å². The zero-order chi connectivity index (χ0) is 6.53. The van der Waals surface area contributed by atoms with Gasteiger partial charge in [-0.25, -0.2) is 0 Å². The van der Waals surface area contributed by atoms with Crippen molar-refractivity contribution < 1.29 is 5.11 Å². The number of nitrogens with zero attached hydrogens (tertiary/aromatic N) is 1. The molecule has 0 saturated heterocycles. The third-order valence-electron chi connectivity index (χ3n) is 1.33. The highest BCUT2D eigenvalue weighted by molar-refractivity contribution is 4.85. The minimum Gasteiger partial charge on any atom is -0.395 e. The van der Waals surface area contributed by atoms with Crippen molar-refractivity contribution in [3.8, 4) is 0 Å². The Morgan fingerprint density at radius 3 is 3.11 bits per heavy atom. The molecule has 9 heavy (non-hydrogen) atoms. The molecule has 0 aliphatic carbocycles. The van der Waals surface area contributed by atoms with Crippen LogP contribution in [0.3, 0.4) is 0 Å². The molecule has 1 aliphatic rings. The smallest absolute Gasteiger partial charge is 0.0606 e. The molecule has 0 saturated carbocycles. The Bertz CT molecular complexity index is 103. The molecule has 0 aromatic rings. The Balaban J connectivity index is 2.23. The van der Waals surface area contributed by atoms with E-state index in [-0.39, 0.29) is 6.61 Å². The van der Waals surface area contributed by atoms with Gasteiger partial charge in [0, 0.05) is 32.0 Å². The predicted molar refractivity (Wildman–Crippen MR) is 35.8 cm³/mol. The molecule has 52 valence electrons. The standard InChI is InChI=1S/C6H12N2O/c9-6-5-8-3-1-7-2-4-8/h1,3,7,9H,2,4-6H2. The van der Waals surface area contributed by atoms with Crippen LogP contribution in [-0.2, 0) is 0 Å². The summed E-state index contributed by atoms with van der Waals surface area (Å²) >= 11 is 0. The first-order valence-corrected chi connectivity index (χ1v) is 3.18. The van der Waals surface area contributed by atoms with E-state index in [1.54, 1.807) is 0 Å². The molecule has 0 aromatic carbocycles. The fourth-order valence-electron chi connectivity index (χ4n) is 0.839. The monoisotopic (exact) mass is 128 g/mol. The second-order valence-electron chi connectivity index (χ2n) is 2.03. The quantitative estimate of drug-likeness (QED) is 0.519. The molecule has 0 fully saturated rings. The van der Waals surface area contributed by atoms with E-state index >= 15 is 0 Å². The van der Waals surface area contributed by atoms with Crippen LogP contribution in [0.4, 0.5) is 0 Å². The number of aliphatic hydroxyl groups excluding tert-OH is 1. The maximum Gasteiger partial charge on any atom is 0.0606 e. The van der Waals surface area contributed by atoms with E-state index in [0.717, 1.165) is 19.6 Å². The predicted octanol–water partition coefficient (Wildman–Crippen LogP) is -0.645. The molecule has 0 aromatic heterocycles. The molecule has 0 bridgehead atoms. The topological polar surface area (TPSA) is 35.5 Å². The van der Waals surface area contributed by atoms with Gasteiger partial charge in [0.15, 0.2) is 0 Å². The summed E-state index contributed by atoms with van der Waals surface area (Å²) in [7, 11) is 0. The summed E-state index contributed by atoms with van der Waals surface area (Å²) in [5, 5.41) is 11.6. The van der Waals surface area contributed by atoms with Gasteiger partial charge in [-0.2, -0.15) is 0 Å². The van der Waals surface area contributed by atoms with Crippen molar-refractivity contribution in [2.75, 3.05) is 26.2 Å². The Kier molecular flexibility index (Phi) is 2.39. The minimum absolute atomic E-state index is 0.240. The highest BCUT2D eigenvalue weighted by Gasteiger charge is 1.99.